The zero-order valence-corrected chi connectivity index (χ0v) is 15.5. The first-order valence-corrected chi connectivity index (χ1v) is 11.4. The minimum absolute atomic E-state index is 0.0309. The van der Waals surface area contributed by atoms with E-state index in [9.17, 15) is 21.6 Å². The van der Waals surface area contributed by atoms with Gasteiger partial charge in [-0.05, 0) is 42.3 Å². The van der Waals surface area contributed by atoms with Gasteiger partial charge in [-0.2, -0.15) is 0 Å². The number of nitrogens with zero attached hydrogens (tertiary/aromatic N) is 1. The van der Waals surface area contributed by atoms with Crippen LogP contribution in [0.15, 0.2) is 53.7 Å². The summed E-state index contributed by atoms with van der Waals surface area (Å²) in [5, 5.41) is 1.81. The van der Waals surface area contributed by atoms with Crippen LogP contribution in [0.3, 0.4) is 0 Å². The first kappa shape index (κ1) is 18.5. The molecule has 1 aromatic heterocycles. The van der Waals surface area contributed by atoms with Gasteiger partial charge < -0.3 is 5.32 Å². The Kier molecular flexibility index (Phi) is 5.10. The van der Waals surface area contributed by atoms with Crippen molar-refractivity contribution in [1.29, 1.82) is 0 Å². The molecule has 0 radical (unpaired) electrons. The Labute approximate surface area is 152 Å². The molecule has 0 bridgehead atoms. The van der Waals surface area contributed by atoms with Crippen LogP contribution in [0.2, 0.25) is 0 Å². The van der Waals surface area contributed by atoms with E-state index in [0.29, 0.717) is 12.1 Å². The summed E-state index contributed by atoms with van der Waals surface area (Å²) in [5.41, 5.74) is 1.18. The number of amides is 1. The van der Waals surface area contributed by atoms with Gasteiger partial charge in [0.25, 0.3) is 5.91 Å². The lowest BCUT2D eigenvalue weighted by Gasteiger charge is -2.11. The fourth-order valence-corrected chi connectivity index (χ4v) is 7.14. The quantitative estimate of drug-likeness (QED) is 0.809. The third-order valence-electron chi connectivity index (χ3n) is 4.25. The van der Waals surface area contributed by atoms with E-state index in [1.54, 1.807) is 18.5 Å². The minimum Gasteiger partial charge on any atom is -0.348 e. The molecule has 0 aliphatic carbocycles. The highest BCUT2D eigenvalue weighted by Gasteiger charge is 2.37. The van der Waals surface area contributed by atoms with Crippen molar-refractivity contribution in [3.63, 3.8) is 0 Å². The molecule has 3 rings (SSSR count). The first-order chi connectivity index (χ1) is 12.3. The molecule has 1 amide bonds. The molecule has 1 atom stereocenters. The normalized spacial score (nSPS) is 19.2. The molecule has 1 N–H and O–H groups in total. The summed E-state index contributed by atoms with van der Waals surface area (Å²) in [6.45, 7) is 0.312. The number of hydrogen-bond donors (Lipinski definition) is 1. The molecular formula is C17H18N2O5S2. The Morgan fingerprint density at radius 1 is 1.19 bits per heavy atom. The number of hydrogen-bond acceptors (Lipinski definition) is 6. The number of rotatable bonds is 5. The van der Waals surface area contributed by atoms with Gasteiger partial charge in [0.1, 0.15) is 0 Å². The van der Waals surface area contributed by atoms with Gasteiger partial charge in [0, 0.05) is 24.5 Å². The molecule has 138 valence electrons. The maximum absolute atomic E-state index is 12.5. The molecule has 0 unspecified atom stereocenters. The Morgan fingerprint density at radius 3 is 2.50 bits per heavy atom. The molecule has 1 saturated heterocycles. The summed E-state index contributed by atoms with van der Waals surface area (Å²) in [4.78, 5) is 16.2. The van der Waals surface area contributed by atoms with Crippen molar-refractivity contribution >= 4 is 25.6 Å². The Hall–Kier alpha value is -2.26. The van der Waals surface area contributed by atoms with Crippen LogP contribution in [0.5, 0.6) is 0 Å². The second-order valence-electron chi connectivity index (χ2n) is 6.14. The van der Waals surface area contributed by atoms with E-state index in [4.69, 9.17) is 0 Å². The van der Waals surface area contributed by atoms with E-state index < -0.39 is 24.9 Å². The lowest BCUT2D eigenvalue weighted by molar-refractivity contribution is 0.0950. The number of carbonyl (C=O) groups excluding carboxylic acids is 1. The SMILES string of the molecule is O=C(NCc1cccnc1)c1ccc(S(=O)(=O)[C@@H]2CCS(=O)(=O)C2)cc1. The van der Waals surface area contributed by atoms with Gasteiger partial charge in [-0.1, -0.05) is 6.07 Å². The molecule has 0 saturated carbocycles. The van der Waals surface area contributed by atoms with Crippen molar-refractivity contribution in [2.45, 2.75) is 23.1 Å². The van der Waals surface area contributed by atoms with Crippen molar-refractivity contribution in [3.05, 3.63) is 59.9 Å². The van der Waals surface area contributed by atoms with Crippen LogP contribution in [0.25, 0.3) is 0 Å². The second kappa shape index (κ2) is 7.16. The Bertz CT molecular complexity index is 1000. The monoisotopic (exact) mass is 394 g/mol. The predicted octanol–water partition coefficient (Wildman–Crippen LogP) is 0.972. The summed E-state index contributed by atoms with van der Waals surface area (Å²) in [7, 11) is -7.02. The Morgan fingerprint density at radius 2 is 1.92 bits per heavy atom. The number of pyridine rings is 1. The maximum atomic E-state index is 12.5. The second-order valence-corrected chi connectivity index (χ2v) is 10.6. The fraction of sp³-hybridized carbons (Fsp3) is 0.294. The van der Waals surface area contributed by atoms with Crippen LogP contribution < -0.4 is 5.32 Å². The molecule has 26 heavy (non-hydrogen) atoms. The lowest BCUT2D eigenvalue weighted by atomic mass is 10.2. The molecule has 1 aliphatic rings. The predicted molar refractivity (Wildman–Crippen MR) is 96.1 cm³/mol. The van der Waals surface area contributed by atoms with Gasteiger partial charge in [-0.15, -0.1) is 0 Å². The van der Waals surface area contributed by atoms with Gasteiger partial charge >= 0.3 is 0 Å². The van der Waals surface area contributed by atoms with Crippen molar-refractivity contribution in [2.75, 3.05) is 11.5 Å². The lowest BCUT2D eigenvalue weighted by Crippen LogP contribution is -2.24. The van der Waals surface area contributed by atoms with Crippen LogP contribution in [0.1, 0.15) is 22.3 Å². The van der Waals surface area contributed by atoms with Crippen LogP contribution in [0.4, 0.5) is 0 Å². The standard InChI is InChI=1S/C17H18N2O5S2/c20-17(19-11-13-2-1-8-18-10-13)14-3-5-15(6-4-14)26(23,24)16-7-9-25(21,22)12-16/h1-6,8,10,16H,7,9,11-12H2,(H,19,20)/t16-/m1/s1. The van der Waals surface area contributed by atoms with Crippen molar-refractivity contribution < 1.29 is 21.6 Å². The molecule has 2 aromatic rings. The topological polar surface area (TPSA) is 110 Å². The van der Waals surface area contributed by atoms with Gasteiger partial charge in [-0.25, -0.2) is 16.8 Å². The Balaban J connectivity index is 1.69. The number of benzene rings is 1. The number of carbonyl (C=O) groups is 1. The number of aromatic nitrogens is 1. The van der Waals surface area contributed by atoms with Gasteiger partial charge in [0.05, 0.1) is 21.7 Å². The highest BCUT2D eigenvalue weighted by atomic mass is 32.2. The summed E-state index contributed by atoms with van der Waals surface area (Å²) in [6.07, 6.45) is 3.39. The van der Waals surface area contributed by atoms with E-state index in [0.717, 1.165) is 5.56 Å². The molecule has 1 fully saturated rings. The summed E-state index contributed by atoms with van der Waals surface area (Å²) in [6, 6.07) is 9.14. The van der Waals surface area contributed by atoms with E-state index in [1.807, 2.05) is 6.07 Å². The smallest absolute Gasteiger partial charge is 0.251 e. The van der Waals surface area contributed by atoms with Crippen molar-refractivity contribution in [3.8, 4) is 0 Å². The average molecular weight is 394 g/mol. The highest BCUT2D eigenvalue weighted by molar-refractivity contribution is 7.96. The molecule has 7 nitrogen and oxygen atoms in total. The molecule has 1 aromatic carbocycles. The van der Waals surface area contributed by atoms with Crippen molar-refractivity contribution in [1.82, 2.24) is 10.3 Å². The fourth-order valence-electron chi connectivity index (χ4n) is 2.78. The van der Waals surface area contributed by atoms with Crippen LogP contribution >= 0.6 is 0 Å². The van der Waals surface area contributed by atoms with E-state index in [1.165, 1.54) is 24.3 Å². The zero-order valence-electron chi connectivity index (χ0n) is 13.8. The maximum Gasteiger partial charge on any atom is 0.251 e. The highest BCUT2D eigenvalue weighted by Crippen LogP contribution is 2.25. The van der Waals surface area contributed by atoms with E-state index in [-0.39, 0.29) is 28.7 Å². The number of nitrogens with one attached hydrogen (secondary N) is 1. The van der Waals surface area contributed by atoms with E-state index in [2.05, 4.69) is 10.3 Å². The van der Waals surface area contributed by atoms with Crippen LogP contribution in [-0.4, -0.2) is 44.5 Å². The molecular weight excluding hydrogens is 376 g/mol. The zero-order chi connectivity index (χ0) is 18.8. The molecule has 2 heterocycles. The van der Waals surface area contributed by atoms with Crippen LogP contribution in [0, 0.1) is 0 Å². The molecule has 0 spiro atoms. The largest absolute Gasteiger partial charge is 0.348 e. The van der Waals surface area contributed by atoms with Gasteiger partial charge in [-0.3, -0.25) is 9.78 Å². The van der Waals surface area contributed by atoms with Gasteiger partial charge in [0.15, 0.2) is 19.7 Å². The minimum atomic E-state index is -3.73. The third kappa shape index (κ3) is 4.10. The molecule has 1 aliphatic heterocycles. The first-order valence-electron chi connectivity index (χ1n) is 7.99. The number of sulfone groups is 2. The van der Waals surface area contributed by atoms with Crippen LogP contribution in [-0.2, 0) is 26.2 Å². The summed E-state index contributed by atoms with van der Waals surface area (Å²) < 4.78 is 48.1. The summed E-state index contributed by atoms with van der Waals surface area (Å²) >= 11 is 0. The van der Waals surface area contributed by atoms with Crippen molar-refractivity contribution in [2.24, 2.45) is 0 Å². The average Bonchev–Trinajstić information content (AvgIpc) is 3.01. The van der Waals surface area contributed by atoms with Gasteiger partial charge in [0.2, 0.25) is 0 Å². The van der Waals surface area contributed by atoms with E-state index >= 15 is 0 Å². The summed E-state index contributed by atoms with van der Waals surface area (Å²) in [5.74, 6) is -0.782. The molecule has 9 heteroatoms. The third-order valence-corrected chi connectivity index (χ3v) is 8.44.